The zero-order valence-electron chi connectivity index (χ0n) is 12.3. The summed E-state index contributed by atoms with van der Waals surface area (Å²) in [5.41, 5.74) is -2.29. The molecule has 0 aromatic carbocycles. The summed E-state index contributed by atoms with van der Waals surface area (Å²) >= 11 is 4.19. The van der Waals surface area contributed by atoms with Crippen molar-refractivity contribution in [2.24, 2.45) is 5.90 Å². The van der Waals surface area contributed by atoms with Gasteiger partial charge in [-0.2, -0.15) is 12.6 Å². The van der Waals surface area contributed by atoms with Crippen LogP contribution in [0.3, 0.4) is 0 Å². The maximum Gasteiger partial charge on any atom is 0.112 e. The minimum absolute atomic E-state index is 0.312. The molecule has 0 rings (SSSR count). The van der Waals surface area contributed by atoms with E-state index in [1.807, 2.05) is 13.8 Å². The Labute approximate surface area is 111 Å². The van der Waals surface area contributed by atoms with Crippen molar-refractivity contribution in [3.63, 3.8) is 0 Å². The first-order chi connectivity index (χ1) is 7.06. The molecular weight excluding hydrogens is 238 g/mol. The lowest BCUT2D eigenvalue weighted by Gasteiger charge is -2.34. The lowest BCUT2D eigenvalue weighted by molar-refractivity contribution is -0.149. The molecule has 0 fully saturated rings. The van der Waals surface area contributed by atoms with Gasteiger partial charge < -0.3 is 10.2 Å². The molecule has 0 aliphatic heterocycles. The predicted octanol–water partition coefficient (Wildman–Crippen LogP) is 1.89. The van der Waals surface area contributed by atoms with Gasteiger partial charge in [0.2, 0.25) is 0 Å². The van der Waals surface area contributed by atoms with E-state index in [2.05, 4.69) is 17.5 Å². The Balaban J connectivity index is 0. The molecule has 0 heterocycles. The average molecular weight is 267 g/mol. The van der Waals surface area contributed by atoms with Crippen molar-refractivity contribution in [3.05, 3.63) is 0 Å². The first-order valence-electron chi connectivity index (χ1n) is 5.61. The average Bonchev–Trinajstić information content (AvgIpc) is 1.99. The number of aliphatic hydroxyl groups is 2. The van der Waals surface area contributed by atoms with E-state index in [9.17, 15) is 10.2 Å². The van der Waals surface area contributed by atoms with Crippen molar-refractivity contribution in [2.45, 2.75) is 76.9 Å². The highest BCUT2D eigenvalue weighted by molar-refractivity contribution is 7.81. The fourth-order valence-electron chi connectivity index (χ4n) is 0.144. The Morgan fingerprint density at radius 3 is 1.06 bits per heavy atom. The van der Waals surface area contributed by atoms with Crippen molar-refractivity contribution in [3.8, 4) is 0 Å². The van der Waals surface area contributed by atoms with Crippen LogP contribution in [0.2, 0.25) is 0 Å². The van der Waals surface area contributed by atoms with E-state index in [0.717, 1.165) is 0 Å². The topological polar surface area (TPSA) is 75.7 Å². The summed E-state index contributed by atoms with van der Waals surface area (Å²) in [5.74, 6) is 4.93. The minimum Gasteiger partial charge on any atom is -0.389 e. The SMILES string of the molecule is CC(C)(O)C(C)(C)ON.CC(C)(O)C(C)(C)S. The Hall–Kier alpha value is 0.190. The van der Waals surface area contributed by atoms with Crippen LogP contribution in [-0.4, -0.2) is 31.8 Å². The maximum atomic E-state index is 9.34. The zero-order chi connectivity index (χ0) is 14.7. The quantitative estimate of drug-likeness (QED) is 0.465. The Bertz CT molecular complexity index is 209. The van der Waals surface area contributed by atoms with E-state index in [4.69, 9.17) is 5.90 Å². The molecule has 0 unspecified atom stereocenters. The van der Waals surface area contributed by atoms with Crippen molar-refractivity contribution in [2.75, 3.05) is 0 Å². The van der Waals surface area contributed by atoms with Crippen molar-refractivity contribution in [1.29, 1.82) is 0 Å². The van der Waals surface area contributed by atoms with Crippen LogP contribution in [0.5, 0.6) is 0 Å². The van der Waals surface area contributed by atoms with Gasteiger partial charge in [-0.05, 0) is 55.4 Å². The lowest BCUT2D eigenvalue weighted by Crippen LogP contribution is -2.48. The van der Waals surface area contributed by atoms with Crippen molar-refractivity contribution >= 4 is 12.6 Å². The Morgan fingerprint density at radius 2 is 1.06 bits per heavy atom. The van der Waals surface area contributed by atoms with E-state index in [-0.39, 0.29) is 4.75 Å². The number of rotatable bonds is 3. The fraction of sp³-hybridized carbons (Fsp3) is 1.00. The van der Waals surface area contributed by atoms with Crippen LogP contribution >= 0.6 is 12.6 Å². The first-order valence-corrected chi connectivity index (χ1v) is 6.06. The molecule has 0 spiro atoms. The molecule has 0 bridgehead atoms. The summed E-state index contributed by atoms with van der Waals surface area (Å²) < 4.78 is -0.312. The third-order valence-electron chi connectivity index (χ3n) is 3.27. The second-order valence-corrected chi connectivity index (χ2v) is 7.42. The van der Waals surface area contributed by atoms with Gasteiger partial charge in [0, 0.05) is 4.75 Å². The summed E-state index contributed by atoms with van der Waals surface area (Å²) in [5, 5.41) is 18.6. The largest absolute Gasteiger partial charge is 0.389 e. The number of hydrogen-bond acceptors (Lipinski definition) is 5. The molecule has 0 saturated carbocycles. The lowest BCUT2D eigenvalue weighted by atomic mass is 9.90. The molecule has 0 saturated heterocycles. The molecule has 0 aromatic heterocycles. The Morgan fingerprint density at radius 1 is 0.824 bits per heavy atom. The van der Waals surface area contributed by atoms with Crippen molar-refractivity contribution < 1.29 is 15.1 Å². The summed E-state index contributed by atoms with van der Waals surface area (Å²) in [6.45, 7) is 14.0. The van der Waals surface area contributed by atoms with Crippen LogP contribution in [0.1, 0.15) is 55.4 Å². The van der Waals surface area contributed by atoms with E-state index in [1.54, 1.807) is 41.5 Å². The summed E-state index contributed by atoms with van der Waals surface area (Å²) in [4.78, 5) is 4.55. The van der Waals surface area contributed by atoms with Gasteiger partial charge in [0.25, 0.3) is 0 Å². The predicted molar refractivity (Wildman–Crippen MR) is 75.0 cm³/mol. The van der Waals surface area contributed by atoms with Crippen LogP contribution < -0.4 is 5.90 Å². The van der Waals surface area contributed by atoms with Crippen LogP contribution in [0, 0.1) is 0 Å². The molecule has 0 amide bonds. The summed E-state index contributed by atoms with van der Waals surface area (Å²) in [6, 6.07) is 0. The Kier molecular flexibility index (Phi) is 6.76. The molecule has 4 N–H and O–H groups in total. The monoisotopic (exact) mass is 267 g/mol. The van der Waals surface area contributed by atoms with Gasteiger partial charge in [0.15, 0.2) is 0 Å². The van der Waals surface area contributed by atoms with Gasteiger partial charge in [0.05, 0.1) is 11.2 Å². The van der Waals surface area contributed by atoms with Crippen LogP contribution in [0.15, 0.2) is 0 Å². The van der Waals surface area contributed by atoms with E-state index in [0.29, 0.717) is 0 Å². The molecule has 0 aliphatic rings. The molecule has 5 heteroatoms. The third kappa shape index (κ3) is 7.26. The maximum absolute atomic E-state index is 9.34. The van der Waals surface area contributed by atoms with Crippen molar-refractivity contribution in [1.82, 2.24) is 0 Å². The van der Waals surface area contributed by atoms with Crippen LogP contribution in [-0.2, 0) is 4.84 Å². The van der Waals surface area contributed by atoms with E-state index in [1.165, 1.54) is 0 Å². The molecule has 17 heavy (non-hydrogen) atoms. The zero-order valence-corrected chi connectivity index (χ0v) is 13.2. The standard InChI is InChI=1S/C6H15NO2.C6H14OS/c1-5(2,8)6(3,4)9-7;1-5(2,7)6(3,4)8/h8H,7H2,1-4H3;7-8H,1-4H3. The smallest absolute Gasteiger partial charge is 0.112 e. The second kappa shape index (κ2) is 5.89. The third-order valence-corrected chi connectivity index (χ3v) is 3.81. The highest BCUT2D eigenvalue weighted by Crippen LogP contribution is 2.26. The molecule has 0 atom stereocenters. The normalized spacial score (nSPS) is 14.1. The summed E-state index contributed by atoms with van der Waals surface area (Å²) in [7, 11) is 0. The minimum atomic E-state index is -0.901. The van der Waals surface area contributed by atoms with Gasteiger partial charge in [-0.25, -0.2) is 5.90 Å². The van der Waals surface area contributed by atoms with E-state index < -0.39 is 16.8 Å². The molecular formula is C12H29NO3S. The fourth-order valence-corrected chi connectivity index (χ4v) is 0.144. The number of nitrogens with two attached hydrogens (primary N) is 1. The summed E-state index contributed by atoms with van der Waals surface area (Å²) in [6.07, 6.45) is 0. The van der Waals surface area contributed by atoms with Gasteiger partial charge in [0.1, 0.15) is 5.60 Å². The molecule has 0 aromatic rings. The highest BCUT2D eigenvalue weighted by atomic mass is 32.1. The van der Waals surface area contributed by atoms with Gasteiger partial charge >= 0.3 is 0 Å². The number of thiol groups is 1. The second-order valence-electron chi connectivity index (χ2n) is 6.31. The molecule has 4 nitrogen and oxygen atoms in total. The molecule has 106 valence electrons. The molecule has 0 radical (unpaired) electrons. The highest BCUT2D eigenvalue weighted by Gasteiger charge is 2.35. The van der Waals surface area contributed by atoms with Crippen LogP contribution in [0.25, 0.3) is 0 Å². The van der Waals surface area contributed by atoms with Gasteiger partial charge in [-0.15, -0.1) is 0 Å². The van der Waals surface area contributed by atoms with Gasteiger partial charge in [-0.1, -0.05) is 0 Å². The van der Waals surface area contributed by atoms with Crippen LogP contribution in [0.4, 0.5) is 0 Å². The van der Waals surface area contributed by atoms with Gasteiger partial charge in [-0.3, -0.25) is 4.84 Å². The first kappa shape index (κ1) is 19.5. The molecule has 0 aliphatic carbocycles. The number of hydrogen-bond donors (Lipinski definition) is 4. The van der Waals surface area contributed by atoms with E-state index >= 15 is 0 Å².